The van der Waals surface area contributed by atoms with Crippen LogP contribution in [0.15, 0.2) is 29.3 Å². The summed E-state index contributed by atoms with van der Waals surface area (Å²) in [6.45, 7) is 2.04. The second kappa shape index (κ2) is 3.92. The molecule has 3 heteroatoms. The number of thioether (sulfide) groups is 1. The van der Waals surface area contributed by atoms with Crippen LogP contribution in [0.4, 0.5) is 0 Å². The lowest BCUT2D eigenvalue weighted by Crippen LogP contribution is -1.88. The van der Waals surface area contributed by atoms with Crippen LogP contribution in [0.3, 0.4) is 0 Å². The number of pyridine rings is 1. The first-order valence-electron chi connectivity index (χ1n) is 4.60. The number of hydrogen-bond acceptors (Lipinski definition) is 3. The molecule has 0 aliphatic heterocycles. The SMILES string of the molecule is CSc1nc2cc(C)ccc2cc1C#N. The highest BCUT2D eigenvalue weighted by Gasteiger charge is 2.05. The van der Waals surface area contributed by atoms with Crippen LogP contribution in [-0.2, 0) is 0 Å². The first-order valence-corrected chi connectivity index (χ1v) is 5.82. The summed E-state index contributed by atoms with van der Waals surface area (Å²) in [4.78, 5) is 4.47. The van der Waals surface area contributed by atoms with Crippen molar-refractivity contribution in [1.82, 2.24) is 4.98 Å². The number of rotatable bonds is 1. The number of fused-ring (bicyclic) bond motifs is 1. The summed E-state index contributed by atoms with van der Waals surface area (Å²) in [7, 11) is 0. The molecule has 0 saturated carbocycles. The number of hydrogen-bond donors (Lipinski definition) is 0. The van der Waals surface area contributed by atoms with Crippen LogP contribution in [0.5, 0.6) is 0 Å². The molecule has 1 heterocycles. The maximum Gasteiger partial charge on any atom is 0.114 e. The van der Waals surface area contributed by atoms with Crippen molar-refractivity contribution in [1.29, 1.82) is 5.26 Å². The van der Waals surface area contributed by atoms with Crippen LogP contribution in [0.2, 0.25) is 0 Å². The molecule has 0 fully saturated rings. The van der Waals surface area contributed by atoms with E-state index in [2.05, 4.69) is 11.1 Å². The molecule has 15 heavy (non-hydrogen) atoms. The van der Waals surface area contributed by atoms with Crippen molar-refractivity contribution in [2.24, 2.45) is 0 Å². The lowest BCUT2D eigenvalue weighted by atomic mass is 10.1. The molecule has 1 aromatic heterocycles. The molecule has 0 amide bonds. The molecular formula is C12H10N2S. The van der Waals surface area contributed by atoms with Gasteiger partial charge in [-0.05, 0) is 30.9 Å². The minimum absolute atomic E-state index is 0.652. The van der Waals surface area contributed by atoms with Crippen LogP contribution in [0, 0.1) is 18.3 Å². The van der Waals surface area contributed by atoms with Crippen LogP contribution >= 0.6 is 11.8 Å². The largest absolute Gasteiger partial charge is 0.240 e. The van der Waals surface area contributed by atoms with Crippen molar-refractivity contribution >= 4 is 22.7 Å². The Kier molecular flexibility index (Phi) is 2.61. The number of nitriles is 1. The zero-order chi connectivity index (χ0) is 10.8. The summed E-state index contributed by atoms with van der Waals surface area (Å²) >= 11 is 1.51. The maximum atomic E-state index is 8.96. The second-order valence-electron chi connectivity index (χ2n) is 3.35. The third-order valence-electron chi connectivity index (χ3n) is 2.25. The predicted octanol–water partition coefficient (Wildman–Crippen LogP) is 3.14. The molecule has 0 bridgehead atoms. The molecule has 0 aliphatic rings. The summed E-state index contributed by atoms with van der Waals surface area (Å²) in [5, 5.41) is 10.8. The van der Waals surface area contributed by atoms with Crippen molar-refractivity contribution in [3.8, 4) is 6.07 Å². The molecule has 2 rings (SSSR count). The minimum atomic E-state index is 0.652. The minimum Gasteiger partial charge on any atom is -0.240 e. The van der Waals surface area contributed by atoms with E-state index >= 15 is 0 Å². The van der Waals surface area contributed by atoms with Crippen molar-refractivity contribution in [3.63, 3.8) is 0 Å². The van der Waals surface area contributed by atoms with Crippen LogP contribution in [0.1, 0.15) is 11.1 Å². The van der Waals surface area contributed by atoms with Gasteiger partial charge in [-0.15, -0.1) is 11.8 Å². The fourth-order valence-corrected chi connectivity index (χ4v) is 2.01. The average Bonchev–Trinajstić information content (AvgIpc) is 2.27. The average molecular weight is 214 g/mol. The Morgan fingerprint density at radius 2 is 2.13 bits per heavy atom. The van der Waals surface area contributed by atoms with Gasteiger partial charge in [-0.3, -0.25) is 0 Å². The van der Waals surface area contributed by atoms with Gasteiger partial charge in [0.15, 0.2) is 0 Å². The lowest BCUT2D eigenvalue weighted by molar-refractivity contribution is 1.16. The highest BCUT2D eigenvalue weighted by Crippen LogP contribution is 2.23. The molecule has 0 saturated heterocycles. The molecular weight excluding hydrogens is 204 g/mol. The van der Waals surface area contributed by atoms with Gasteiger partial charge in [0, 0.05) is 5.39 Å². The highest BCUT2D eigenvalue weighted by atomic mass is 32.2. The Hall–Kier alpha value is -1.53. The summed E-state index contributed by atoms with van der Waals surface area (Å²) in [6.07, 6.45) is 1.94. The third kappa shape index (κ3) is 1.81. The van der Waals surface area contributed by atoms with Gasteiger partial charge >= 0.3 is 0 Å². The van der Waals surface area contributed by atoms with E-state index in [0.717, 1.165) is 15.9 Å². The Balaban J connectivity index is 2.77. The topological polar surface area (TPSA) is 36.7 Å². The van der Waals surface area contributed by atoms with Crippen molar-refractivity contribution in [3.05, 3.63) is 35.4 Å². The smallest absolute Gasteiger partial charge is 0.114 e. The van der Waals surface area contributed by atoms with Crippen LogP contribution in [0.25, 0.3) is 10.9 Å². The van der Waals surface area contributed by atoms with Crippen molar-refractivity contribution < 1.29 is 0 Å². The van der Waals surface area contributed by atoms with Gasteiger partial charge in [0.25, 0.3) is 0 Å². The number of benzene rings is 1. The molecule has 2 aromatic rings. The zero-order valence-corrected chi connectivity index (χ0v) is 9.43. The second-order valence-corrected chi connectivity index (χ2v) is 4.15. The molecule has 0 radical (unpaired) electrons. The van der Waals surface area contributed by atoms with E-state index in [4.69, 9.17) is 5.26 Å². The van der Waals surface area contributed by atoms with Gasteiger partial charge in [-0.2, -0.15) is 5.26 Å². The number of nitrogens with zero attached hydrogens (tertiary/aromatic N) is 2. The van der Waals surface area contributed by atoms with E-state index in [1.165, 1.54) is 17.3 Å². The molecule has 0 unspecified atom stereocenters. The fraction of sp³-hybridized carbons (Fsp3) is 0.167. The zero-order valence-electron chi connectivity index (χ0n) is 8.61. The molecule has 1 aromatic carbocycles. The predicted molar refractivity (Wildman–Crippen MR) is 63.0 cm³/mol. The number of aromatic nitrogens is 1. The molecule has 0 aliphatic carbocycles. The molecule has 74 valence electrons. The monoisotopic (exact) mass is 214 g/mol. The Morgan fingerprint density at radius 3 is 2.80 bits per heavy atom. The first-order chi connectivity index (χ1) is 7.24. The quantitative estimate of drug-likeness (QED) is 0.684. The standard InChI is InChI=1S/C12H10N2S/c1-8-3-4-9-6-10(7-13)12(15-2)14-11(9)5-8/h3-6H,1-2H3. The van der Waals surface area contributed by atoms with E-state index in [0.29, 0.717) is 5.56 Å². The summed E-state index contributed by atoms with van der Waals surface area (Å²) in [6, 6.07) is 10.1. The van der Waals surface area contributed by atoms with E-state index in [1.807, 2.05) is 37.4 Å². The van der Waals surface area contributed by atoms with Crippen molar-refractivity contribution in [2.45, 2.75) is 11.9 Å². The summed E-state index contributed by atoms with van der Waals surface area (Å²) in [5.74, 6) is 0. The van der Waals surface area contributed by atoms with Gasteiger partial charge in [-0.1, -0.05) is 12.1 Å². The van der Waals surface area contributed by atoms with E-state index < -0.39 is 0 Å². The summed E-state index contributed by atoms with van der Waals surface area (Å²) < 4.78 is 0. The Morgan fingerprint density at radius 1 is 1.33 bits per heavy atom. The molecule has 0 N–H and O–H groups in total. The van der Waals surface area contributed by atoms with Crippen LogP contribution < -0.4 is 0 Å². The lowest BCUT2D eigenvalue weighted by Gasteiger charge is -2.03. The van der Waals surface area contributed by atoms with Gasteiger partial charge < -0.3 is 0 Å². The van der Waals surface area contributed by atoms with Gasteiger partial charge in [0.05, 0.1) is 11.1 Å². The number of aryl methyl sites for hydroxylation is 1. The van der Waals surface area contributed by atoms with E-state index in [9.17, 15) is 0 Å². The molecule has 0 spiro atoms. The first kappa shape index (κ1) is 10.0. The Bertz CT molecular complexity index is 555. The molecule has 2 nitrogen and oxygen atoms in total. The third-order valence-corrected chi connectivity index (χ3v) is 2.95. The van der Waals surface area contributed by atoms with Crippen molar-refractivity contribution in [2.75, 3.05) is 6.26 Å². The highest BCUT2D eigenvalue weighted by molar-refractivity contribution is 7.98. The summed E-state index contributed by atoms with van der Waals surface area (Å²) in [5.41, 5.74) is 2.80. The Labute approximate surface area is 92.9 Å². The van der Waals surface area contributed by atoms with E-state index in [1.54, 1.807) is 0 Å². The van der Waals surface area contributed by atoms with Crippen LogP contribution in [-0.4, -0.2) is 11.2 Å². The fourth-order valence-electron chi connectivity index (χ4n) is 1.50. The van der Waals surface area contributed by atoms with Gasteiger partial charge in [0.2, 0.25) is 0 Å². The van der Waals surface area contributed by atoms with E-state index in [-0.39, 0.29) is 0 Å². The maximum absolute atomic E-state index is 8.96. The molecule has 0 atom stereocenters. The van der Waals surface area contributed by atoms with Gasteiger partial charge in [0.1, 0.15) is 11.1 Å². The normalized spacial score (nSPS) is 10.2. The van der Waals surface area contributed by atoms with Gasteiger partial charge in [-0.25, -0.2) is 4.98 Å².